The number of hydrogen-bond acceptors (Lipinski definition) is 5. The molecular weight excluding hydrogens is 348 g/mol. The molecule has 0 spiro atoms. The van der Waals surface area contributed by atoms with Crippen LogP contribution < -0.4 is 10.2 Å². The fourth-order valence-electron chi connectivity index (χ4n) is 3.42. The van der Waals surface area contributed by atoms with E-state index in [-0.39, 0.29) is 0 Å². The first kappa shape index (κ1) is 18.9. The van der Waals surface area contributed by atoms with E-state index >= 15 is 0 Å². The first-order chi connectivity index (χ1) is 12.6. The molecule has 0 unspecified atom stereocenters. The summed E-state index contributed by atoms with van der Waals surface area (Å²) in [6.07, 6.45) is 4.28. The van der Waals surface area contributed by atoms with Crippen LogP contribution in [0.5, 0.6) is 0 Å². The molecule has 0 bridgehead atoms. The van der Waals surface area contributed by atoms with Crippen molar-refractivity contribution < 1.29 is 4.74 Å². The van der Waals surface area contributed by atoms with Crippen LogP contribution in [-0.4, -0.2) is 36.3 Å². The minimum atomic E-state index is 0.380. The van der Waals surface area contributed by atoms with Gasteiger partial charge >= 0.3 is 0 Å². The largest absolute Gasteiger partial charge is 0.383 e. The monoisotopic (exact) mass is 374 g/mol. The summed E-state index contributed by atoms with van der Waals surface area (Å²) in [4.78, 5) is 11.9. The average molecular weight is 375 g/mol. The fraction of sp³-hybridized carbons (Fsp3) is 0.500. The molecule has 3 rings (SSSR count). The second kappa shape index (κ2) is 8.69. The molecule has 1 aromatic carbocycles. The van der Waals surface area contributed by atoms with E-state index in [1.165, 1.54) is 0 Å². The summed E-state index contributed by atoms with van der Waals surface area (Å²) < 4.78 is 5.39. The van der Waals surface area contributed by atoms with Crippen molar-refractivity contribution in [1.82, 2.24) is 9.97 Å². The second-order valence-corrected chi connectivity index (χ2v) is 7.26. The highest BCUT2D eigenvalue weighted by molar-refractivity contribution is 6.30. The predicted octanol–water partition coefficient (Wildman–Crippen LogP) is 4.75. The average Bonchev–Trinajstić information content (AvgIpc) is 3.07. The van der Waals surface area contributed by atoms with E-state index in [2.05, 4.69) is 23.2 Å². The molecule has 0 aliphatic carbocycles. The Labute approximate surface area is 160 Å². The van der Waals surface area contributed by atoms with Crippen LogP contribution >= 0.6 is 11.6 Å². The van der Waals surface area contributed by atoms with Gasteiger partial charge in [0.05, 0.1) is 12.6 Å². The minimum absolute atomic E-state index is 0.380. The molecule has 2 aromatic rings. The molecule has 6 heteroatoms. The van der Waals surface area contributed by atoms with E-state index in [1.54, 1.807) is 7.11 Å². The molecule has 0 saturated carbocycles. The molecule has 0 amide bonds. The quantitative estimate of drug-likeness (QED) is 0.757. The molecule has 1 saturated heterocycles. The van der Waals surface area contributed by atoms with Gasteiger partial charge in [0.1, 0.15) is 5.82 Å². The Bertz CT molecular complexity index is 753. The van der Waals surface area contributed by atoms with E-state index < -0.39 is 0 Å². The minimum Gasteiger partial charge on any atom is -0.383 e. The Morgan fingerprint density at radius 3 is 2.92 bits per heavy atom. The number of nitrogens with one attached hydrogen (secondary N) is 1. The Morgan fingerprint density at radius 1 is 1.31 bits per heavy atom. The van der Waals surface area contributed by atoms with E-state index in [0.717, 1.165) is 61.6 Å². The SMILES string of the molecule is CCCc1cc(N2CCC[C@H]2COC)nc(Nc2cc(Cl)ccc2C)n1. The van der Waals surface area contributed by atoms with Gasteiger partial charge in [0.25, 0.3) is 0 Å². The van der Waals surface area contributed by atoms with Crippen molar-refractivity contribution in [3.8, 4) is 0 Å². The normalized spacial score (nSPS) is 16.9. The Kier molecular flexibility index (Phi) is 6.33. The van der Waals surface area contributed by atoms with Crippen LogP contribution in [0.2, 0.25) is 5.02 Å². The summed E-state index contributed by atoms with van der Waals surface area (Å²) in [7, 11) is 1.76. The highest BCUT2D eigenvalue weighted by atomic mass is 35.5. The second-order valence-electron chi connectivity index (χ2n) is 6.82. The van der Waals surface area contributed by atoms with Crippen LogP contribution in [0.15, 0.2) is 24.3 Å². The highest BCUT2D eigenvalue weighted by Crippen LogP contribution is 2.28. The van der Waals surface area contributed by atoms with Crippen LogP contribution in [0.4, 0.5) is 17.5 Å². The van der Waals surface area contributed by atoms with Gasteiger partial charge in [0, 0.05) is 36.1 Å². The van der Waals surface area contributed by atoms with Crippen LogP contribution in [0.1, 0.15) is 37.4 Å². The van der Waals surface area contributed by atoms with Crippen molar-refractivity contribution in [2.24, 2.45) is 0 Å². The van der Waals surface area contributed by atoms with Crippen LogP contribution in [0.3, 0.4) is 0 Å². The van der Waals surface area contributed by atoms with Crippen molar-refractivity contribution in [2.45, 2.75) is 45.6 Å². The standard InChI is InChI=1S/C20H27ClN4O/c1-4-6-16-12-19(25-10-5-7-17(25)13-26-3)24-20(22-16)23-18-11-15(21)9-8-14(18)2/h8-9,11-12,17H,4-7,10,13H2,1-3H3,(H,22,23,24)/t17-/m0/s1. The van der Waals surface area contributed by atoms with E-state index in [9.17, 15) is 0 Å². The summed E-state index contributed by atoms with van der Waals surface area (Å²) in [5.74, 6) is 1.60. The summed E-state index contributed by atoms with van der Waals surface area (Å²) in [5.41, 5.74) is 3.11. The molecule has 1 atom stereocenters. The Morgan fingerprint density at radius 2 is 2.15 bits per heavy atom. The predicted molar refractivity (Wildman–Crippen MR) is 108 cm³/mol. The maximum absolute atomic E-state index is 6.15. The summed E-state index contributed by atoms with van der Waals surface area (Å²) >= 11 is 6.15. The third-order valence-electron chi connectivity index (χ3n) is 4.75. The fourth-order valence-corrected chi connectivity index (χ4v) is 3.59. The smallest absolute Gasteiger partial charge is 0.229 e. The van der Waals surface area contributed by atoms with E-state index in [0.29, 0.717) is 17.0 Å². The lowest BCUT2D eigenvalue weighted by molar-refractivity contribution is 0.180. The van der Waals surface area contributed by atoms with Gasteiger partial charge in [-0.05, 0) is 43.9 Å². The van der Waals surface area contributed by atoms with Crippen molar-refractivity contribution in [2.75, 3.05) is 30.5 Å². The van der Waals surface area contributed by atoms with Crippen LogP contribution in [0, 0.1) is 6.92 Å². The third kappa shape index (κ3) is 4.46. The molecule has 26 heavy (non-hydrogen) atoms. The molecule has 1 N–H and O–H groups in total. The first-order valence-electron chi connectivity index (χ1n) is 9.27. The first-order valence-corrected chi connectivity index (χ1v) is 9.65. The zero-order valence-electron chi connectivity index (χ0n) is 15.8. The number of aryl methyl sites for hydroxylation is 2. The van der Waals surface area contributed by atoms with Gasteiger partial charge in [0.15, 0.2) is 0 Å². The number of rotatable bonds is 7. The Hall–Kier alpha value is -1.85. The number of halogens is 1. The lowest BCUT2D eigenvalue weighted by Crippen LogP contribution is -2.33. The number of nitrogens with zero attached hydrogens (tertiary/aromatic N) is 3. The molecule has 140 valence electrons. The van der Waals surface area contributed by atoms with E-state index in [4.69, 9.17) is 26.3 Å². The van der Waals surface area contributed by atoms with Gasteiger partial charge in [-0.3, -0.25) is 0 Å². The molecule has 1 aromatic heterocycles. The molecule has 1 fully saturated rings. The highest BCUT2D eigenvalue weighted by Gasteiger charge is 2.26. The van der Waals surface area contributed by atoms with Gasteiger partial charge in [-0.15, -0.1) is 0 Å². The molecule has 1 aliphatic heterocycles. The molecule has 1 aliphatic rings. The number of ether oxygens (including phenoxy) is 1. The summed E-state index contributed by atoms with van der Waals surface area (Å²) in [6.45, 7) is 5.94. The molecule has 0 radical (unpaired) electrons. The van der Waals surface area contributed by atoms with Crippen LogP contribution in [-0.2, 0) is 11.2 Å². The zero-order valence-corrected chi connectivity index (χ0v) is 16.5. The van der Waals surface area contributed by atoms with Gasteiger partial charge in [-0.1, -0.05) is 31.0 Å². The Balaban J connectivity index is 1.92. The number of hydrogen-bond donors (Lipinski definition) is 1. The third-order valence-corrected chi connectivity index (χ3v) is 4.98. The molecule has 5 nitrogen and oxygen atoms in total. The zero-order chi connectivity index (χ0) is 18.5. The summed E-state index contributed by atoms with van der Waals surface area (Å²) in [6, 6.07) is 8.30. The maximum atomic E-state index is 6.15. The number of methoxy groups -OCH3 is 1. The lowest BCUT2D eigenvalue weighted by Gasteiger charge is -2.26. The number of aromatic nitrogens is 2. The lowest BCUT2D eigenvalue weighted by atomic mass is 10.2. The van der Waals surface area contributed by atoms with Crippen molar-refractivity contribution >= 4 is 29.1 Å². The molecule has 2 heterocycles. The number of anilines is 3. The van der Waals surface area contributed by atoms with E-state index in [1.807, 2.05) is 25.1 Å². The van der Waals surface area contributed by atoms with Crippen molar-refractivity contribution in [3.63, 3.8) is 0 Å². The maximum Gasteiger partial charge on any atom is 0.229 e. The van der Waals surface area contributed by atoms with Gasteiger partial charge in [-0.2, -0.15) is 4.98 Å². The van der Waals surface area contributed by atoms with Gasteiger partial charge < -0.3 is 15.0 Å². The van der Waals surface area contributed by atoms with Gasteiger partial charge in [0.2, 0.25) is 5.95 Å². The number of benzene rings is 1. The summed E-state index contributed by atoms with van der Waals surface area (Å²) in [5, 5.41) is 4.05. The molecular formula is C20H27ClN4O. The van der Waals surface area contributed by atoms with Gasteiger partial charge in [-0.25, -0.2) is 4.98 Å². The van der Waals surface area contributed by atoms with Crippen molar-refractivity contribution in [1.29, 1.82) is 0 Å². The van der Waals surface area contributed by atoms with Crippen LogP contribution in [0.25, 0.3) is 0 Å². The topological polar surface area (TPSA) is 50.3 Å². The van der Waals surface area contributed by atoms with Crippen molar-refractivity contribution in [3.05, 3.63) is 40.5 Å².